The summed E-state index contributed by atoms with van der Waals surface area (Å²) in [6.45, 7) is 12.1. The van der Waals surface area contributed by atoms with E-state index >= 15 is 0 Å². The van der Waals surface area contributed by atoms with Crippen molar-refractivity contribution >= 4 is 18.3 Å². The number of piperidine rings is 1. The lowest BCUT2D eigenvalue weighted by Crippen LogP contribution is -2.41. The lowest BCUT2D eigenvalue weighted by molar-refractivity contribution is 0.00578. The molecule has 0 bridgehead atoms. The third kappa shape index (κ3) is 7.31. The molecule has 8 rings (SSSR count). The average molecular weight is 694 g/mol. The molecule has 5 aromatic rings. The highest BCUT2D eigenvalue weighted by molar-refractivity contribution is 6.62. The Labute approximate surface area is 310 Å². The van der Waals surface area contributed by atoms with Crippen LogP contribution in [0.1, 0.15) is 93.0 Å². The Morgan fingerprint density at radius 3 is 2.19 bits per heavy atom. The SMILES string of the molecule is CC1(C)OB(c2cnn(CCC3CCN(c4ccc([C@@H]5c6ccc(OCc7ccccc7)cc6CC[C@@H]5c5ccccc5)cc4)CC3)c2)OC1(C)C. The second-order valence-electron chi connectivity index (χ2n) is 16.1. The molecule has 2 saturated heterocycles. The summed E-state index contributed by atoms with van der Waals surface area (Å²) in [6.07, 6.45) is 9.73. The van der Waals surface area contributed by atoms with Crippen LogP contribution in [0, 0.1) is 5.92 Å². The van der Waals surface area contributed by atoms with Crippen LogP contribution in [0.4, 0.5) is 5.69 Å². The first-order valence-corrected chi connectivity index (χ1v) is 19.3. The van der Waals surface area contributed by atoms with Gasteiger partial charge in [0.1, 0.15) is 12.4 Å². The molecule has 6 nitrogen and oxygen atoms in total. The van der Waals surface area contributed by atoms with Gasteiger partial charge >= 0.3 is 7.12 Å². The van der Waals surface area contributed by atoms with Crippen molar-refractivity contribution < 1.29 is 14.0 Å². The van der Waals surface area contributed by atoms with Crippen molar-refractivity contribution in [2.24, 2.45) is 5.92 Å². The highest BCUT2D eigenvalue weighted by Gasteiger charge is 2.52. The molecular weight excluding hydrogens is 641 g/mol. The van der Waals surface area contributed by atoms with Crippen LogP contribution in [-0.4, -0.2) is 41.2 Å². The number of ether oxygens (including phenoxy) is 1. The Hall–Kier alpha value is -4.33. The molecule has 0 spiro atoms. The van der Waals surface area contributed by atoms with Crippen LogP contribution in [-0.2, 0) is 28.9 Å². The van der Waals surface area contributed by atoms with Gasteiger partial charge in [0.05, 0.1) is 11.2 Å². The van der Waals surface area contributed by atoms with Gasteiger partial charge in [0.2, 0.25) is 0 Å². The van der Waals surface area contributed by atoms with Gasteiger partial charge in [0, 0.05) is 49.1 Å². The number of benzene rings is 4. The largest absolute Gasteiger partial charge is 0.498 e. The predicted octanol–water partition coefficient (Wildman–Crippen LogP) is 8.93. The van der Waals surface area contributed by atoms with Crippen molar-refractivity contribution in [3.05, 3.63) is 143 Å². The lowest BCUT2D eigenvalue weighted by Gasteiger charge is -2.36. The summed E-state index contributed by atoms with van der Waals surface area (Å²) >= 11 is 0. The minimum Gasteiger partial charge on any atom is -0.489 e. The fourth-order valence-electron chi connectivity index (χ4n) is 8.39. The van der Waals surface area contributed by atoms with Gasteiger partial charge in [-0.05, 0) is 124 Å². The second kappa shape index (κ2) is 14.6. The second-order valence-corrected chi connectivity index (χ2v) is 16.1. The zero-order valence-corrected chi connectivity index (χ0v) is 31.2. The summed E-state index contributed by atoms with van der Waals surface area (Å²) in [5.74, 6) is 2.40. The highest BCUT2D eigenvalue weighted by Crippen LogP contribution is 2.47. The van der Waals surface area contributed by atoms with Crippen LogP contribution in [0.15, 0.2) is 116 Å². The van der Waals surface area contributed by atoms with Gasteiger partial charge in [0.15, 0.2) is 0 Å². The van der Waals surface area contributed by atoms with Gasteiger partial charge in [-0.1, -0.05) is 78.9 Å². The monoisotopic (exact) mass is 693 g/mol. The van der Waals surface area contributed by atoms with Gasteiger partial charge in [-0.15, -0.1) is 0 Å². The van der Waals surface area contributed by atoms with E-state index in [1.54, 1.807) is 0 Å². The molecule has 2 fully saturated rings. The quantitative estimate of drug-likeness (QED) is 0.137. The smallest absolute Gasteiger partial charge is 0.489 e. The van der Waals surface area contributed by atoms with E-state index in [9.17, 15) is 0 Å². The minimum atomic E-state index is -0.358. The van der Waals surface area contributed by atoms with Crippen LogP contribution in [0.3, 0.4) is 0 Å². The van der Waals surface area contributed by atoms with Gasteiger partial charge in [-0.3, -0.25) is 4.68 Å². The van der Waals surface area contributed by atoms with Crippen molar-refractivity contribution in [3.63, 3.8) is 0 Å². The summed E-state index contributed by atoms with van der Waals surface area (Å²) in [5.41, 5.74) is 8.49. The topological polar surface area (TPSA) is 48.8 Å². The van der Waals surface area contributed by atoms with Gasteiger partial charge < -0.3 is 18.9 Å². The van der Waals surface area contributed by atoms with E-state index in [-0.39, 0.29) is 18.3 Å². The normalized spacial score (nSPS) is 21.2. The van der Waals surface area contributed by atoms with Gasteiger partial charge in [-0.25, -0.2) is 0 Å². The molecule has 0 N–H and O–H groups in total. The number of fused-ring (bicyclic) bond motifs is 1. The van der Waals surface area contributed by atoms with E-state index in [4.69, 9.17) is 14.0 Å². The first-order valence-electron chi connectivity index (χ1n) is 19.3. The van der Waals surface area contributed by atoms with Crippen molar-refractivity contribution in [1.29, 1.82) is 0 Å². The van der Waals surface area contributed by atoms with Crippen molar-refractivity contribution in [3.8, 4) is 5.75 Å². The average Bonchev–Trinajstić information content (AvgIpc) is 3.74. The standard InChI is InChI=1S/C45H52BN3O3/c1-44(2)45(3,4)52-46(51-44)38-30-47-49(31-38)28-25-33-23-26-48(27-24-33)39-18-15-36(16-19-39)43-41(35-13-9-6-10-14-35)21-17-37-29-40(20-22-42(37)43)50-32-34-11-7-5-8-12-34/h5-16,18-20,22,29-31,33,41,43H,17,21,23-28,32H2,1-4H3/t41-,43+/m1/s1. The van der Waals surface area contributed by atoms with Crippen LogP contribution in [0.25, 0.3) is 0 Å². The maximum atomic E-state index is 6.25. The Morgan fingerprint density at radius 2 is 1.48 bits per heavy atom. The molecule has 1 aliphatic carbocycles. The van der Waals surface area contributed by atoms with Crippen LogP contribution < -0.4 is 15.1 Å². The molecule has 0 radical (unpaired) electrons. The number of hydrogen-bond acceptors (Lipinski definition) is 5. The molecule has 0 unspecified atom stereocenters. The molecule has 2 atom stereocenters. The van der Waals surface area contributed by atoms with Crippen molar-refractivity contribution in [1.82, 2.24) is 9.78 Å². The zero-order chi connectivity index (χ0) is 35.7. The molecule has 3 aliphatic rings. The molecule has 1 aromatic heterocycles. The predicted molar refractivity (Wildman–Crippen MR) is 211 cm³/mol. The van der Waals surface area contributed by atoms with E-state index in [2.05, 4.69) is 146 Å². The maximum absolute atomic E-state index is 6.25. The lowest BCUT2D eigenvalue weighted by atomic mass is 9.69. The summed E-state index contributed by atoms with van der Waals surface area (Å²) in [7, 11) is -0.358. The summed E-state index contributed by atoms with van der Waals surface area (Å²) in [5, 5.41) is 4.65. The number of nitrogens with zero attached hydrogens (tertiary/aromatic N) is 3. The molecule has 3 heterocycles. The molecule has 4 aromatic carbocycles. The van der Waals surface area contributed by atoms with E-state index < -0.39 is 0 Å². The van der Waals surface area contributed by atoms with E-state index in [0.29, 0.717) is 24.4 Å². The van der Waals surface area contributed by atoms with Crippen LogP contribution in [0.5, 0.6) is 5.75 Å². The number of hydrogen-bond donors (Lipinski definition) is 0. The third-order valence-electron chi connectivity index (χ3n) is 12.2. The molecular formula is C45H52BN3O3. The first-order chi connectivity index (χ1) is 25.2. The summed E-state index contributed by atoms with van der Waals surface area (Å²) < 4.78 is 20.8. The molecule has 0 amide bonds. The maximum Gasteiger partial charge on any atom is 0.498 e. The van der Waals surface area contributed by atoms with Crippen molar-refractivity contribution in [2.75, 3.05) is 18.0 Å². The zero-order valence-electron chi connectivity index (χ0n) is 31.2. The molecule has 2 aliphatic heterocycles. The summed E-state index contributed by atoms with van der Waals surface area (Å²) in [4.78, 5) is 2.57. The third-order valence-corrected chi connectivity index (χ3v) is 12.2. The van der Waals surface area contributed by atoms with E-state index in [0.717, 1.165) is 50.1 Å². The first kappa shape index (κ1) is 34.7. The number of aryl methyl sites for hydroxylation is 2. The van der Waals surface area contributed by atoms with Crippen LogP contribution in [0.2, 0.25) is 0 Å². The van der Waals surface area contributed by atoms with Gasteiger partial charge in [-0.2, -0.15) is 5.10 Å². The van der Waals surface area contributed by atoms with Gasteiger partial charge in [0.25, 0.3) is 0 Å². The Balaban J connectivity index is 0.905. The Morgan fingerprint density at radius 1 is 0.788 bits per heavy atom. The molecule has 7 heteroatoms. The number of anilines is 1. The van der Waals surface area contributed by atoms with E-state index in [1.165, 1.54) is 46.3 Å². The fourth-order valence-corrected chi connectivity index (χ4v) is 8.39. The number of rotatable bonds is 10. The Kier molecular flexibility index (Phi) is 9.75. The van der Waals surface area contributed by atoms with Crippen molar-refractivity contribution in [2.45, 2.75) is 96.0 Å². The molecule has 268 valence electrons. The molecule has 0 saturated carbocycles. The fraction of sp³-hybridized carbons (Fsp3) is 0.400. The Bertz CT molecular complexity index is 1920. The summed E-state index contributed by atoms with van der Waals surface area (Å²) in [6, 6.07) is 37.8. The number of aromatic nitrogens is 2. The van der Waals surface area contributed by atoms with E-state index in [1.807, 2.05) is 12.3 Å². The van der Waals surface area contributed by atoms with Crippen LogP contribution >= 0.6 is 0 Å². The molecule has 52 heavy (non-hydrogen) atoms. The highest BCUT2D eigenvalue weighted by atomic mass is 16.7. The minimum absolute atomic E-state index is 0.307.